The molecule has 3 aromatic heterocycles. The molecule has 3 rings (SSSR count). The van der Waals surface area contributed by atoms with Gasteiger partial charge >= 0.3 is 0 Å². The van der Waals surface area contributed by atoms with E-state index in [9.17, 15) is 4.79 Å². The van der Waals surface area contributed by atoms with Crippen molar-refractivity contribution in [2.45, 2.75) is 40.7 Å². The number of hydrogen-bond acceptors (Lipinski definition) is 4. The van der Waals surface area contributed by atoms with Gasteiger partial charge in [-0.15, -0.1) is 0 Å². The van der Waals surface area contributed by atoms with E-state index in [1.54, 1.807) is 10.7 Å². The zero-order valence-electron chi connectivity index (χ0n) is 14.5. The third kappa shape index (κ3) is 3.15. The topological polar surface area (TPSA) is 77.1 Å². The molecular formula is C17H22N6O. The number of nitrogens with one attached hydrogen (secondary N) is 1. The van der Waals surface area contributed by atoms with Crippen molar-refractivity contribution in [1.29, 1.82) is 0 Å². The molecule has 0 aliphatic carbocycles. The maximum Gasteiger partial charge on any atom is 0.256 e. The Morgan fingerprint density at radius 1 is 1.12 bits per heavy atom. The molecule has 0 aliphatic heterocycles. The highest BCUT2D eigenvalue weighted by Crippen LogP contribution is 2.11. The van der Waals surface area contributed by atoms with Gasteiger partial charge in [0.1, 0.15) is 5.56 Å². The first-order valence-corrected chi connectivity index (χ1v) is 8.07. The standard InChI is InChI=1S/C17H22N6O/c1-11-8-14(4)23-16(20-11)15(10-19-23)17(24)18-6-5-7-22-13(3)9-12(2)21-22/h8-10H,5-7H2,1-4H3,(H,18,24). The van der Waals surface area contributed by atoms with Gasteiger partial charge in [0.25, 0.3) is 5.91 Å². The third-order valence-corrected chi connectivity index (χ3v) is 3.96. The molecule has 0 saturated heterocycles. The van der Waals surface area contributed by atoms with Crippen LogP contribution in [0.25, 0.3) is 5.65 Å². The van der Waals surface area contributed by atoms with Crippen LogP contribution in [0.1, 0.15) is 39.6 Å². The highest BCUT2D eigenvalue weighted by atomic mass is 16.1. The Labute approximate surface area is 140 Å². The van der Waals surface area contributed by atoms with Gasteiger partial charge in [0.05, 0.1) is 11.9 Å². The maximum atomic E-state index is 12.4. The Kier molecular flexibility index (Phi) is 4.33. The fraction of sp³-hybridized carbons (Fsp3) is 0.412. The summed E-state index contributed by atoms with van der Waals surface area (Å²) in [7, 11) is 0. The number of carbonyl (C=O) groups excluding carboxylic acids is 1. The second kappa shape index (κ2) is 6.43. The molecule has 3 aromatic rings. The minimum atomic E-state index is -0.143. The van der Waals surface area contributed by atoms with Crippen LogP contribution in [-0.4, -0.2) is 36.8 Å². The van der Waals surface area contributed by atoms with Gasteiger partial charge in [-0.25, -0.2) is 9.50 Å². The Morgan fingerprint density at radius 3 is 2.58 bits per heavy atom. The van der Waals surface area contributed by atoms with Crippen molar-refractivity contribution < 1.29 is 4.79 Å². The van der Waals surface area contributed by atoms with Crippen LogP contribution in [0.3, 0.4) is 0 Å². The average Bonchev–Trinajstić information content (AvgIpc) is 3.06. The molecule has 7 nitrogen and oxygen atoms in total. The van der Waals surface area contributed by atoms with Crippen LogP contribution in [0, 0.1) is 27.7 Å². The van der Waals surface area contributed by atoms with E-state index < -0.39 is 0 Å². The fourth-order valence-corrected chi connectivity index (χ4v) is 2.86. The molecule has 0 aliphatic rings. The molecule has 0 aromatic carbocycles. The predicted octanol–water partition coefficient (Wildman–Crippen LogP) is 1.98. The van der Waals surface area contributed by atoms with Gasteiger partial charge in [0.2, 0.25) is 0 Å². The predicted molar refractivity (Wildman–Crippen MR) is 91.1 cm³/mol. The summed E-state index contributed by atoms with van der Waals surface area (Å²) in [5.74, 6) is -0.143. The van der Waals surface area contributed by atoms with Gasteiger partial charge in [-0.2, -0.15) is 10.2 Å². The van der Waals surface area contributed by atoms with Crippen molar-refractivity contribution in [3.63, 3.8) is 0 Å². The largest absolute Gasteiger partial charge is 0.352 e. The normalized spacial score (nSPS) is 11.2. The quantitative estimate of drug-likeness (QED) is 0.727. The number of aryl methyl sites for hydroxylation is 5. The summed E-state index contributed by atoms with van der Waals surface area (Å²) in [4.78, 5) is 16.8. The van der Waals surface area contributed by atoms with Crippen molar-refractivity contribution >= 4 is 11.6 Å². The van der Waals surface area contributed by atoms with E-state index in [1.165, 1.54) is 0 Å². The first-order chi connectivity index (χ1) is 11.5. The van der Waals surface area contributed by atoms with Gasteiger partial charge in [-0.1, -0.05) is 0 Å². The van der Waals surface area contributed by atoms with E-state index in [2.05, 4.69) is 20.5 Å². The summed E-state index contributed by atoms with van der Waals surface area (Å²) >= 11 is 0. The SMILES string of the molecule is Cc1cc(C)n2ncc(C(=O)NCCCn3nc(C)cc3C)c2n1. The molecule has 0 bridgehead atoms. The molecule has 0 spiro atoms. The molecule has 126 valence electrons. The fourth-order valence-electron chi connectivity index (χ4n) is 2.86. The van der Waals surface area contributed by atoms with Gasteiger partial charge in [-0.05, 0) is 46.2 Å². The first kappa shape index (κ1) is 16.2. The number of hydrogen-bond donors (Lipinski definition) is 1. The number of carbonyl (C=O) groups is 1. The van der Waals surface area contributed by atoms with Crippen molar-refractivity contribution in [2.75, 3.05) is 6.54 Å². The Balaban J connectivity index is 1.62. The lowest BCUT2D eigenvalue weighted by molar-refractivity contribution is 0.0954. The second-order valence-electron chi connectivity index (χ2n) is 6.09. The molecule has 0 radical (unpaired) electrons. The van der Waals surface area contributed by atoms with E-state index in [4.69, 9.17) is 0 Å². The lowest BCUT2D eigenvalue weighted by atomic mass is 10.3. The number of nitrogens with zero attached hydrogens (tertiary/aromatic N) is 5. The van der Waals surface area contributed by atoms with Crippen LogP contribution in [-0.2, 0) is 6.54 Å². The van der Waals surface area contributed by atoms with Crippen molar-refractivity contribution in [1.82, 2.24) is 29.7 Å². The maximum absolute atomic E-state index is 12.4. The molecule has 7 heteroatoms. The van der Waals surface area contributed by atoms with Crippen LogP contribution in [0.4, 0.5) is 0 Å². The molecule has 0 atom stereocenters. The Morgan fingerprint density at radius 2 is 1.88 bits per heavy atom. The smallest absolute Gasteiger partial charge is 0.256 e. The molecule has 3 heterocycles. The van der Waals surface area contributed by atoms with Crippen molar-refractivity contribution in [3.8, 4) is 0 Å². The van der Waals surface area contributed by atoms with Crippen LogP contribution < -0.4 is 5.32 Å². The van der Waals surface area contributed by atoms with Gasteiger partial charge in [0.15, 0.2) is 5.65 Å². The second-order valence-corrected chi connectivity index (χ2v) is 6.09. The first-order valence-electron chi connectivity index (χ1n) is 8.07. The number of aromatic nitrogens is 5. The van der Waals surface area contributed by atoms with E-state index >= 15 is 0 Å². The van der Waals surface area contributed by atoms with E-state index in [-0.39, 0.29) is 5.91 Å². The highest BCUT2D eigenvalue weighted by Gasteiger charge is 2.15. The van der Waals surface area contributed by atoms with E-state index in [0.29, 0.717) is 17.8 Å². The zero-order valence-corrected chi connectivity index (χ0v) is 14.5. The summed E-state index contributed by atoms with van der Waals surface area (Å²) in [6.07, 6.45) is 2.39. The molecule has 1 N–H and O–H groups in total. The molecule has 24 heavy (non-hydrogen) atoms. The monoisotopic (exact) mass is 326 g/mol. The van der Waals surface area contributed by atoms with Crippen LogP contribution >= 0.6 is 0 Å². The average molecular weight is 326 g/mol. The minimum Gasteiger partial charge on any atom is -0.352 e. The van der Waals surface area contributed by atoms with Crippen molar-refractivity contribution in [3.05, 3.63) is 46.7 Å². The summed E-state index contributed by atoms with van der Waals surface area (Å²) in [5, 5.41) is 11.6. The van der Waals surface area contributed by atoms with Gasteiger partial charge in [0, 0.05) is 30.2 Å². The number of rotatable bonds is 5. The number of fused-ring (bicyclic) bond motifs is 1. The molecule has 0 unspecified atom stereocenters. The molecular weight excluding hydrogens is 304 g/mol. The molecule has 0 fully saturated rings. The van der Waals surface area contributed by atoms with Gasteiger partial charge < -0.3 is 5.32 Å². The lowest BCUT2D eigenvalue weighted by Crippen LogP contribution is -2.25. The van der Waals surface area contributed by atoms with Crippen LogP contribution in [0.15, 0.2) is 18.3 Å². The zero-order chi connectivity index (χ0) is 17.3. The summed E-state index contributed by atoms with van der Waals surface area (Å²) in [5.41, 5.74) is 5.09. The van der Waals surface area contributed by atoms with Crippen LogP contribution in [0.2, 0.25) is 0 Å². The van der Waals surface area contributed by atoms with Crippen molar-refractivity contribution in [2.24, 2.45) is 0 Å². The lowest BCUT2D eigenvalue weighted by Gasteiger charge is -2.06. The van der Waals surface area contributed by atoms with Crippen LogP contribution in [0.5, 0.6) is 0 Å². The third-order valence-electron chi connectivity index (χ3n) is 3.96. The molecule has 1 amide bonds. The Bertz CT molecular complexity index is 892. The Hall–Kier alpha value is -2.70. The molecule has 0 saturated carbocycles. The van der Waals surface area contributed by atoms with E-state index in [1.807, 2.05) is 44.5 Å². The summed E-state index contributed by atoms with van der Waals surface area (Å²) < 4.78 is 3.66. The number of amides is 1. The van der Waals surface area contributed by atoms with Gasteiger partial charge in [-0.3, -0.25) is 9.48 Å². The minimum absolute atomic E-state index is 0.143. The highest BCUT2D eigenvalue weighted by molar-refractivity contribution is 5.99. The summed E-state index contributed by atoms with van der Waals surface area (Å²) in [6, 6.07) is 3.99. The summed E-state index contributed by atoms with van der Waals surface area (Å²) in [6.45, 7) is 9.24. The van der Waals surface area contributed by atoms with E-state index in [0.717, 1.165) is 35.7 Å².